The molecule has 148 valence electrons. The van der Waals surface area contributed by atoms with E-state index in [9.17, 15) is 15.0 Å². The first-order valence-electron chi connectivity index (χ1n) is 9.87. The Morgan fingerprint density at radius 2 is 1.46 bits per heavy atom. The van der Waals surface area contributed by atoms with E-state index in [2.05, 4.69) is 6.92 Å². The summed E-state index contributed by atoms with van der Waals surface area (Å²) < 4.78 is 0. The largest absolute Gasteiger partial charge is 0.508 e. The maximum atomic E-state index is 10.3. The number of aliphatic hydroxyl groups excluding tert-OH is 2. The zero-order valence-corrected chi connectivity index (χ0v) is 16.1. The van der Waals surface area contributed by atoms with Crippen molar-refractivity contribution in [2.45, 2.75) is 83.7 Å². The van der Waals surface area contributed by atoms with E-state index in [1.54, 1.807) is 18.2 Å². The van der Waals surface area contributed by atoms with Crippen LogP contribution in [-0.4, -0.2) is 27.4 Å². The van der Waals surface area contributed by atoms with E-state index in [0.29, 0.717) is 6.42 Å². The van der Waals surface area contributed by atoms with Gasteiger partial charge in [-0.3, -0.25) is 0 Å². The minimum absolute atomic E-state index is 0.0697. The molecule has 0 heterocycles. The number of carboxylic acids is 1. The maximum absolute atomic E-state index is 10.3. The predicted octanol–water partition coefficient (Wildman–Crippen LogP) is 5.85. The Morgan fingerprint density at radius 1 is 0.846 bits per heavy atom. The Hall–Kier alpha value is -1.81. The van der Waals surface area contributed by atoms with Gasteiger partial charge in [-0.1, -0.05) is 89.0 Å². The molecule has 26 heavy (non-hydrogen) atoms. The lowest BCUT2D eigenvalue weighted by Gasteiger charge is -2.07. The molecule has 0 aromatic heterocycles. The summed E-state index contributed by atoms with van der Waals surface area (Å²) in [6.07, 6.45) is 22.7. The van der Waals surface area contributed by atoms with Gasteiger partial charge in [0.1, 0.15) is 5.76 Å². The quantitative estimate of drug-likeness (QED) is 0.139. The molecule has 0 aromatic rings. The second kappa shape index (κ2) is 18.0. The second-order valence-electron chi connectivity index (χ2n) is 6.58. The summed E-state index contributed by atoms with van der Waals surface area (Å²) in [6, 6.07) is 0. The minimum atomic E-state index is -1.01. The molecular weight excluding hydrogens is 328 g/mol. The van der Waals surface area contributed by atoms with Gasteiger partial charge in [-0.2, -0.15) is 0 Å². The lowest BCUT2D eigenvalue weighted by Crippen LogP contribution is -2.04. The number of carbonyl (C=O) groups is 1. The normalized spacial score (nSPS) is 14.0. The third-order valence-electron chi connectivity index (χ3n) is 4.07. The Labute approximate surface area is 158 Å². The second-order valence-corrected chi connectivity index (χ2v) is 6.58. The van der Waals surface area contributed by atoms with Crippen molar-refractivity contribution in [1.82, 2.24) is 0 Å². The Kier molecular flexibility index (Phi) is 16.7. The van der Waals surface area contributed by atoms with Crippen LogP contribution >= 0.6 is 0 Å². The van der Waals surface area contributed by atoms with E-state index in [-0.39, 0.29) is 11.9 Å². The van der Waals surface area contributed by atoms with Gasteiger partial charge in [-0.05, 0) is 25.0 Å². The molecule has 4 heteroatoms. The van der Waals surface area contributed by atoms with E-state index >= 15 is 0 Å². The average molecular weight is 365 g/mol. The lowest BCUT2D eigenvalue weighted by atomic mass is 10.0. The van der Waals surface area contributed by atoms with Crippen LogP contribution in [0.25, 0.3) is 0 Å². The summed E-state index contributed by atoms with van der Waals surface area (Å²) in [7, 11) is 0. The van der Waals surface area contributed by atoms with Gasteiger partial charge in [0, 0.05) is 6.08 Å². The average Bonchev–Trinajstić information content (AvgIpc) is 2.59. The van der Waals surface area contributed by atoms with Crippen LogP contribution in [0.4, 0.5) is 0 Å². The summed E-state index contributed by atoms with van der Waals surface area (Å²) >= 11 is 0. The first-order chi connectivity index (χ1) is 12.6. The van der Waals surface area contributed by atoms with Crippen LogP contribution in [0.15, 0.2) is 48.3 Å². The molecule has 0 saturated heterocycles. The van der Waals surface area contributed by atoms with Gasteiger partial charge in [-0.15, -0.1) is 0 Å². The lowest BCUT2D eigenvalue weighted by molar-refractivity contribution is -0.131. The Balaban J connectivity index is 3.69. The minimum Gasteiger partial charge on any atom is -0.508 e. The molecule has 0 radical (unpaired) electrons. The number of rotatable bonds is 16. The van der Waals surface area contributed by atoms with Crippen molar-refractivity contribution in [2.75, 3.05) is 0 Å². The van der Waals surface area contributed by atoms with Crippen LogP contribution in [0.1, 0.15) is 77.6 Å². The predicted molar refractivity (Wildman–Crippen MR) is 108 cm³/mol. The number of carboxylic acid groups (broad SMARTS) is 1. The fourth-order valence-corrected chi connectivity index (χ4v) is 2.57. The van der Waals surface area contributed by atoms with Crippen LogP contribution in [0.2, 0.25) is 0 Å². The Morgan fingerprint density at radius 3 is 2.08 bits per heavy atom. The number of hydrogen-bond acceptors (Lipinski definition) is 3. The van der Waals surface area contributed by atoms with Crippen LogP contribution < -0.4 is 0 Å². The van der Waals surface area contributed by atoms with E-state index in [1.165, 1.54) is 69.6 Å². The zero-order valence-electron chi connectivity index (χ0n) is 16.1. The highest BCUT2D eigenvalue weighted by Gasteiger charge is 2.01. The molecule has 0 saturated carbocycles. The molecule has 3 N–H and O–H groups in total. The van der Waals surface area contributed by atoms with Gasteiger partial charge >= 0.3 is 5.97 Å². The van der Waals surface area contributed by atoms with E-state index in [4.69, 9.17) is 5.11 Å². The summed E-state index contributed by atoms with van der Waals surface area (Å²) in [6.45, 7) is 2.23. The fourth-order valence-electron chi connectivity index (χ4n) is 2.57. The number of unbranched alkanes of at least 4 members (excludes halogenated alkanes) is 8. The highest BCUT2D eigenvalue weighted by atomic mass is 16.4. The molecule has 0 spiro atoms. The zero-order chi connectivity index (χ0) is 19.5. The highest BCUT2D eigenvalue weighted by Crippen LogP contribution is 2.12. The van der Waals surface area contributed by atoms with Crippen LogP contribution in [-0.2, 0) is 4.79 Å². The number of aliphatic hydroxyl groups is 2. The summed E-state index contributed by atoms with van der Waals surface area (Å²) in [5.74, 6) is -0.941. The molecule has 0 aliphatic carbocycles. The van der Waals surface area contributed by atoms with E-state index in [1.807, 2.05) is 0 Å². The SMILES string of the molecule is CCCCCCCCCCCC(O)CC=CC(O)=CC=CC=CC(=O)O. The van der Waals surface area contributed by atoms with E-state index in [0.717, 1.165) is 18.9 Å². The molecular formula is C22H36O4. The van der Waals surface area contributed by atoms with Gasteiger partial charge in [0.05, 0.1) is 6.10 Å². The van der Waals surface area contributed by atoms with Crippen molar-refractivity contribution >= 4 is 5.97 Å². The molecule has 1 unspecified atom stereocenters. The smallest absolute Gasteiger partial charge is 0.328 e. The first-order valence-corrected chi connectivity index (χ1v) is 9.87. The molecule has 1 atom stereocenters. The molecule has 0 aliphatic rings. The first kappa shape index (κ1) is 24.2. The highest BCUT2D eigenvalue weighted by molar-refractivity contribution is 5.80. The van der Waals surface area contributed by atoms with Crippen molar-refractivity contribution in [3.8, 4) is 0 Å². The molecule has 0 fully saturated rings. The van der Waals surface area contributed by atoms with Crippen molar-refractivity contribution in [1.29, 1.82) is 0 Å². The van der Waals surface area contributed by atoms with Gasteiger partial charge in [0.2, 0.25) is 0 Å². The number of allylic oxidation sites excluding steroid dienone is 5. The van der Waals surface area contributed by atoms with Gasteiger partial charge in [-0.25, -0.2) is 4.79 Å². The molecule has 0 rings (SSSR count). The molecule has 0 aliphatic heterocycles. The van der Waals surface area contributed by atoms with Crippen molar-refractivity contribution < 1.29 is 20.1 Å². The standard InChI is InChI=1S/C22H36O4/c1-2-3-4-5-6-7-8-9-11-15-20(23)17-14-18-21(24)16-12-10-13-19-22(25)26/h10,12-14,16,18-20,23-24H,2-9,11,15,17H2,1H3,(H,25,26). The number of hydrogen-bond donors (Lipinski definition) is 3. The topological polar surface area (TPSA) is 77.8 Å². The van der Waals surface area contributed by atoms with Crippen molar-refractivity contribution in [3.05, 3.63) is 48.3 Å². The third kappa shape index (κ3) is 18.5. The summed E-state index contributed by atoms with van der Waals surface area (Å²) in [4.78, 5) is 10.3. The van der Waals surface area contributed by atoms with E-state index < -0.39 is 5.97 Å². The monoisotopic (exact) mass is 364 g/mol. The number of aliphatic carboxylic acids is 1. The Bertz CT molecular complexity index is 461. The molecule has 0 aromatic carbocycles. The van der Waals surface area contributed by atoms with Gasteiger partial charge < -0.3 is 15.3 Å². The van der Waals surface area contributed by atoms with Crippen molar-refractivity contribution in [2.24, 2.45) is 0 Å². The maximum Gasteiger partial charge on any atom is 0.328 e. The van der Waals surface area contributed by atoms with Crippen LogP contribution in [0.5, 0.6) is 0 Å². The molecule has 0 bridgehead atoms. The molecule has 0 amide bonds. The summed E-state index contributed by atoms with van der Waals surface area (Å²) in [5.41, 5.74) is 0. The van der Waals surface area contributed by atoms with Crippen molar-refractivity contribution in [3.63, 3.8) is 0 Å². The van der Waals surface area contributed by atoms with Gasteiger partial charge in [0.25, 0.3) is 0 Å². The molecule has 4 nitrogen and oxygen atoms in total. The summed E-state index contributed by atoms with van der Waals surface area (Å²) in [5, 5.41) is 28.0. The van der Waals surface area contributed by atoms with Crippen LogP contribution in [0.3, 0.4) is 0 Å². The third-order valence-corrected chi connectivity index (χ3v) is 4.07. The van der Waals surface area contributed by atoms with Gasteiger partial charge in [0.15, 0.2) is 0 Å². The van der Waals surface area contributed by atoms with Crippen LogP contribution in [0, 0.1) is 0 Å². The fraction of sp³-hybridized carbons (Fsp3) is 0.591.